The van der Waals surface area contributed by atoms with Crippen molar-refractivity contribution in [2.45, 2.75) is 20.3 Å². The van der Waals surface area contributed by atoms with Gasteiger partial charge >= 0.3 is 5.97 Å². The largest absolute Gasteiger partial charge is 0.466 e. The molecule has 0 radical (unpaired) electrons. The molecule has 0 aliphatic rings. The molecule has 0 unspecified atom stereocenters. The highest BCUT2D eigenvalue weighted by atomic mass is 35.5. The van der Waals surface area contributed by atoms with E-state index in [9.17, 15) is 4.79 Å². The highest BCUT2D eigenvalue weighted by molar-refractivity contribution is 6.33. The van der Waals surface area contributed by atoms with Gasteiger partial charge in [-0.15, -0.1) is 0 Å². The van der Waals surface area contributed by atoms with Crippen LogP contribution in [0, 0.1) is 6.92 Å². The van der Waals surface area contributed by atoms with E-state index in [4.69, 9.17) is 22.1 Å². The molecule has 1 aromatic rings. The molecule has 3 nitrogen and oxygen atoms in total. The van der Waals surface area contributed by atoms with Crippen LogP contribution in [0.1, 0.15) is 18.1 Å². The standard InChI is InChI=1S/C11H14ClNO2/c1-3-15-11(14)6-8-5-10(13)9(12)4-7(8)2/h4-5H,3,6,13H2,1-2H3. The number of anilines is 1. The minimum absolute atomic E-state index is 0.237. The number of aryl methyl sites for hydroxylation is 1. The fourth-order valence-corrected chi connectivity index (χ4v) is 1.51. The summed E-state index contributed by atoms with van der Waals surface area (Å²) < 4.78 is 4.86. The minimum Gasteiger partial charge on any atom is -0.466 e. The zero-order valence-corrected chi connectivity index (χ0v) is 9.60. The molecule has 0 saturated heterocycles. The number of rotatable bonds is 3. The number of hydrogen-bond acceptors (Lipinski definition) is 3. The Morgan fingerprint density at radius 1 is 1.53 bits per heavy atom. The fourth-order valence-electron chi connectivity index (χ4n) is 1.29. The van der Waals surface area contributed by atoms with Gasteiger partial charge in [0.1, 0.15) is 0 Å². The quantitative estimate of drug-likeness (QED) is 0.637. The first-order valence-corrected chi connectivity index (χ1v) is 5.12. The molecule has 82 valence electrons. The van der Waals surface area contributed by atoms with Crippen LogP contribution in [0.15, 0.2) is 12.1 Å². The number of nitrogen functional groups attached to an aromatic ring is 1. The van der Waals surface area contributed by atoms with Crippen molar-refractivity contribution in [3.8, 4) is 0 Å². The SMILES string of the molecule is CCOC(=O)Cc1cc(N)c(Cl)cc1C. The van der Waals surface area contributed by atoms with E-state index in [-0.39, 0.29) is 12.4 Å². The Morgan fingerprint density at radius 3 is 2.80 bits per heavy atom. The molecule has 0 heterocycles. The monoisotopic (exact) mass is 227 g/mol. The third-order valence-electron chi connectivity index (χ3n) is 2.10. The topological polar surface area (TPSA) is 52.3 Å². The van der Waals surface area contributed by atoms with Crippen LogP contribution in [0.5, 0.6) is 0 Å². The van der Waals surface area contributed by atoms with Crippen LogP contribution in [-0.4, -0.2) is 12.6 Å². The number of hydrogen-bond donors (Lipinski definition) is 1. The number of benzene rings is 1. The average molecular weight is 228 g/mol. The van der Waals surface area contributed by atoms with E-state index in [1.165, 1.54) is 0 Å². The van der Waals surface area contributed by atoms with Gasteiger partial charge in [-0.2, -0.15) is 0 Å². The van der Waals surface area contributed by atoms with E-state index in [1.54, 1.807) is 19.1 Å². The van der Waals surface area contributed by atoms with Crippen molar-refractivity contribution in [2.75, 3.05) is 12.3 Å². The van der Waals surface area contributed by atoms with Crippen LogP contribution >= 0.6 is 11.6 Å². The Balaban J connectivity index is 2.86. The van der Waals surface area contributed by atoms with Crippen molar-refractivity contribution in [1.82, 2.24) is 0 Å². The van der Waals surface area contributed by atoms with E-state index in [0.29, 0.717) is 17.3 Å². The van der Waals surface area contributed by atoms with Crippen LogP contribution in [-0.2, 0) is 16.0 Å². The second-order valence-electron chi connectivity index (χ2n) is 3.28. The van der Waals surface area contributed by atoms with Crippen molar-refractivity contribution in [3.05, 3.63) is 28.3 Å². The van der Waals surface area contributed by atoms with E-state index in [1.807, 2.05) is 6.92 Å². The van der Waals surface area contributed by atoms with Crippen molar-refractivity contribution < 1.29 is 9.53 Å². The Morgan fingerprint density at radius 2 is 2.20 bits per heavy atom. The highest BCUT2D eigenvalue weighted by Gasteiger charge is 2.08. The molecule has 0 saturated carbocycles. The summed E-state index contributed by atoms with van der Waals surface area (Å²) in [6, 6.07) is 3.47. The Bertz CT molecular complexity index is 377. The van der Waals surface area contributed by atoms with Gasteiger partial charge in [-0.3, -0.25) is 4.79 Å². The smallest absolute Gasteiger partial charge is 0.310 e. The maximum atomic E-state index is 11.3. The summed E-state index contributed by atoms with van der Waals surface area (Å²) in [4.78, 5) is 11.3. The van der Waals surface area contributed by atoms with E-state index in [0.717, 1.165) is 11.1 Å². The first-order chi connectivity index (χ1) is 7.04. The van der Waals surface area contributed by atoms with Gasteiger partial charge < -0.3 is 10.5 Å². The molecule has 1 rings (SSSR count). The fraction of sp³-hybridized carbons (Fsp3) is 0.364. The third kappa shape index (κ3) is 3.13. The predicted molar refractivity (Wildman–Crippen MR) is 60.9 cm³/mol. The molecule has 0 aliphatic heterocycles. The van der Waals surface area contributed by atoms with Gasteiger partial charge in [0, 0.05) is 0 Å². The van der Waals surface area contributed by atoms with Crippen LogP contribution < -0.4 is 5.73 Å². The van der Waals surface area contributed by atoms with E-state index < -0.39 is 0 Å². The number of carbonyl (C=O) groups excluding carboxylic acids is 1. The molecule has 0 aliphatic carbocycles. The summed E-state index contributed by atoms with van der Waals surface area (Å²) in [7, 11) is 0. The van der Waals surface area contributed by atoms with Gasteiger partial charge in [0.25, 0.3) is 0 Å². The van der Waals surface area contributed by atoms with Gasteiger partial charge in [-0.1, -0.05) is 11.6 Å². The normalized spacial score (nSPS) is 10.1. The Labute approximate surface area is 94.2 Å². The summed E-state index contributed by atoms with van der Waals surface area (Å²) in [5.74, 6) is -0.248. The zero-order chi connectivity index (χ0) is 11.4. The third-order valence-corrected chi connectivity index (χ3v) is 2.42. The molecule has 0 atom stereocenters. The summed E-state index contributed by atoms with van der Waals surface area (Å²) >= 11 is 5.84. The lowest BCUT2D eigenvalue weighted by atomic mass is 10.1. The maximum absolute atomic E-state index is 11.3. The lowest BCUT2D eigenvalue weighted by Crippen LogP contribution is -2.09. The summed E-state index contributed by atoms with van der Waals surface area (Å²) in [6.45, 7) is 4.06. The van der Waals surface area contributed by atoms with E-state index >= 15 is 0 Å². The number of ether oxygens (including phenoxy) is 1. The summed E-state index contributed by atoms with van der Waals surface area (Å²) in [5, 5.41) is 0.514. The van der Waals surface area contributed by atoms with E-state index in [2.05, 4.69) is 0 Å². The number of nitrogens with two attached hydrogens (primary N) is 1. The second-order valence-corrected chi connectivity index (χ2v) is 3.69. The molecule has 0 amide bonds. The van der Waals surface area contributed by atoms with Crippen molar-refractivity contribution in [3.63, 3.8) is 0 Å². The van der Waals surface area contributed by atoms with Gasteiger partial charge in [-0.25, -0.2) is 0 Å². The molecule has 0 aromatic heterocycles. The van der Waals surface area contributed by atoms with Crippen LogP contribution in [0.2, 0.25) is 5.02 Å². The first-order valence-electron chi connectivity index (χ1n) is 4.74. The molecule has 0 spiro atoms. The lowest BCUT2D eigenvalue weighted by Gasteiger charge is -2.08. The first kappa shape index (κ1) is 11.9. The van der Waals surface area contributed by atoms with Crippen molar-refractivity contribution >= 4 is 23.3 Å². The molecule has 0 fully saturated rings. The van der Waals surface area contributed by atoms with Gasteiger partial charge in [0.15, 0.2) is 0 Å². The lowest BCUT2D eigenvalue weighted by molar-refractivity contribution is -0.142. The summed E-state index contributed by atoms with van der Waals surface area (Å²) in [6.07, 6.45) is 0.237. The number of carbonyl (C=O) groups is 1. The molecular weight excluding hydrogens is 214 g/mol. The van der Waals surface area contributed by atoms with Crippen LogP contribution in [0.25, 0.3) is 0 Å². The van der Waals surface area contributed by atoms with Crippen LogP contribution in [0.4, 0.5) is 5.69 Å². The van der Waals surface area contributed by atoms with Crippen molar-refractivity contribution in [2.24, 2.45) is 0 Å². The molecule has 1 aromatic carbocycles. The predicted octanol–water partition coefficient (Wildman–Crippen LogP) is 2.34. The Kier molecular flexibility index (Phi) is 3.97. The molecule has 4 heteroatoms. The van der Waals surface area contributed by atoms with Gasteiger partial charge in [0.05, 0.1) is 23.7 Å². The van der Waals surface area contributed by atoms with Crippen molar-refractivity contribution in [1.29, 1.82) is 0 Å². The molecule has 2 N–H and O–H groups in total. The Hall–Kier alpha value is -1.22. The molecular formula is C11H14ClNO2. The van der Waals surface area contributed by atoms with Gasteiger partial charge in [0.2, 0.25) is 0 Å². The van der Waals surface area contributed by atoms with Gasteiger partial charge in [-0.05, 0) is 37.1 Å². The summed E-state index contributed by atoms with van der Waals surface area (Å²) in [5.41, 5.74) is 7.95. The average Bonchev–Trinajstić information content (AvgIpc) is 2.14. The van der Waals surface area contributed by atoms with Crippen LogP contribution in [0.3, 0.4) is 0 Å². The second kappa shape index (κ2) is 5.03. The molecule has 15 heavy (non-hydrogen) atoms. The highest BCUT2D eigenvalue weighted by Crippen LogP contribution is 2.23. The maximum Gasteiger partial charge on any atom is 0.310 e. The zero-order valence-electron chi connectivity index (χ0n) is 8.84. The number of halogens is 1. The minimum atomic E-state index is -0.248. The number of esters is 1. The molecule has 0 bridgehead atoms.